The third-order valence-corrected chi connectivity index (χ3v) is 8.11. The minimum atomic E-state index is -0.698. The van der Waals surface area contributed by atoms with Crippen molar-refractivity contribution in [1.82, 2.24) is 4.90 Å². The van der Waals surface area contributed by atoms with Crippen LogP contribution in [0.5, 0.6) is 5.75 Å². The number of hydrogen-bond donors (Lipinski definition) is 2. The zero-order valence-corrected chi connectivity index (χ0v) is 24.1. The van der Waals surface area contributed by atoms with Gasteiger partial charge in [-0.25, -0.2) is 9.69 Å². The molecule has 2 heterocycles. The summed E-state index contributed by atoms with van der Waals surface area (Å²) in [5, 5.41) is 13.8. The molecule has 200 valence electrons. The number of imide groups is 1. The first kappa shape index (κ1) is 27.4. The monoisotopic (exact) mass is 532 g/mol. The van der Waals surface area contributed by atoms with Crippen molar-refractivity contribution in [2.24, 2.45) is 0 Å². The molecule has 0 spiro atoms. The molecule has 38 heavy (non-hydrogen) atoms. The summed E-state index contributed by atoms with van der Waals surface area (Å²) in [5.74, 6) is -0.140. The molecule has 1 unspecified atom stereocenters. The number of urea groups is 1. The Hall–Kier alpha value is -3.65. The number of hydrogen-bond acceptors (Lipinski definition) is 5. The predicted octanol–water partition coefficient (Wildman–Crippen LogP) is 6.61. The van der Waals surface area contributed by atoms with Gasteiger partial charge in [0.1, 0.15) is 11.4 Å². The molecule has 0 radical (unpaired) electrons. The van der Waals surface area contributed by atoms with Gasteiger partial charge in [-0.05, 0) is 81.0 Å². The van der Waals surface area contributed by atoms with Crippen molar-refractivity contribution in [3.05, 3.63) is 81.4 Å². The smallest absolute Gasteiger partial charge is 0.336 e. The highest BCUT2D eigenvalue weighted by atomic mass is 32.2. The zero-order chi connectivity index (χ0) is 28.2. The summed E-state index contributed by atoms with van der Waals surface area (Å²) in [7, 11) is 2.80. The third-order valence-electron chi connectivity index (χ3n) is 6.82. The summed E-state index contributed by atoms with van der Waals surface area (Å²) in [6.45, 7) is 12.2. The quantitative estimate of drug-likeness (QED) is 0.342. The number of carbonyl (C=O) groups is 2. The van der Waals surface area contributed by atoms with Gasteiger partial charge in [-0.3, -0.25) is 14.5 Å². The number of rotatable bonds is 4. The van der Waals surface area contributed by atoms with E-state index < -0.39 is 22.6 Å². The lowest BCUT2D eigenvalue weighted by molar-refractivity contribution is -0.114. The number of phenolic OH excluding ortho intramolecular Hbond substituents is 1. The average Bonchev–Trinajstić information content (AvgIpc) is 3.34. The number of phenols is 1. The second-order valence-electron chi connectivity index (χ2n) is 11.7. The van der Waals surface area contributed by atoms with E-state index in [9.17, 15) is 14.7 Å². The standard InChI is InChI=1S/C30H36N4O3S/c1-29(2,3)22-16-19(17-23(26(22)35)30(4,5)6)18-24-27(36)34(28(37)33(24)8)21-13-11-20(12-14-21)32(7)25-10-9-15-38(25)31/h9-18,31,35H,1-8H3. The lowest BCUT2D eigenvalue weighted by Crippen LogP contribution is -2.31. The number of benzene rings is 2. The summed E-state index contributed by atoms with van der Waals surface area (Å²) in [6.07, 6.45) is 5.52. The summed E-state index contributed by atoms with van der Waals surface area (Å²) >= 11 is 0. The Balaban J connectivity index is 1.69. The molecule has 1 fully saturated rings. The van der Waals surface area contributed by atoms with Gasteiger partial charge in [0.15, 0.2) is 0 Å². The van der Waals surface area contributed by atoms with Crippen LogP contribution in [0, 0.1) is 4.78 Å². The maximum atomic E-state index is 13.5. The Morgan fingerprint density at radius 3 is 2.00 bits per heavy atom. The van der Waals surface area contributed by atoms with Crippen molar-refractivity contribution < 1.29 is 14.7 Å². The lowest BCUT2D eigenvalue weighted by Gasteiger charge is -2.28. The van der Waals surface area contributed by atoms with Crippen molar-refractivity contribution in [1.29, 1.82) is 4.78 Å². The third kappa shape index (κ3) is 4.92. The Labute approximate surface area is 227 Å². The molecule has 2 aromatic carbocycles. The van der Waals surface area contributed by atoms with Gasteiger partial charge in [0.25, 0.3) is 5.91 Å². The molecule has 0 aromatic heterocycles. The van der Waals surface area contributed by atoms with E-state index in [1.54, 1.807) is 25.3 Å². The number of amides is 3. The highest BCUT2D eigenvalue weighted by molar-refractivity contribution is 7.93. The zero-order valence-electron chi connectivity index (χ0n) is 23.3. The summed E-state index contributed by atoms with van der Waals surface area (Å²) < 4.78 is 8.15. The van der Waals surface area contributed by atoms with Gasteiger partial charge in [0.05, 0.1) is 10.7 Å². The Morgan fingerprint density at radius 1 is 0.974 bits per heavy atom. The molecule has 3 amide bonds. The Kier molecular flexibility index (Phi) is 6.91. The molecule has 2 aliphatic heterocycles. The van der Waals surface area contributed by atoms with E-state index >= 15 is 0 Å². The Bertz CT molecular complexity index is 1390. The number of carbonyl (C=O) groups excluding carboxylic acids is 2. The highest BCUT2D eigenvalue weighted by Crippen LogP contribution is 2.40. The molecular weight excluding hydrogens is 496 g/mol. The molecule has 1 saturated heterocycles. The van der Waals surface area contributed by atoms with Gasteiger partial charge in [-0.2, -0.15) is 0 Å². The van der Waals surface area contributed by atoms with Crippen LogP contribution in [-0.4, -0.2) is 36.0 Å². The van der Waals surface area contributed by atoms with Crippen molar-refractivity contribution in [2.75, 3.05) is 23.9 Å². The fourth-order valence-electron chi connectivity index (χ4n) is 4.58. The number of likely N-dealkylation sites (N-methyl/N-ethyl adjacent to an activating group) is 1. The molecule has 2 aromatic rings. The van der Waals surface area contributed by atoms with Crippen molar-refractivity contribution in [3.8, 4) is 5.75 Å². The topological polar surface area (TPSA) is 87.9 Å². The van der Waals surface area contributed by atoms with E-state index in [1.807, 2.05) is 95.3 Å². The maximum Gasteiger partial charge on any atom is 0.336 e. The van der Waals surface area contributed by atoms with E-state index in [1.165, 1.54) is 9.80 Å². The average molecular weight is 533 g/mol. The first-order chi connectivity index (χ1) is 17.6. The van der Waals surface area contributed by atoms with Gasteiger partial charge >= 0.3 is 6.03 Å². The first-order valence-electron chi connectivity index (χ1n) is 12.5. The van der Waals surface area contributed by atoms with Crippen LogP contribution in [0.3, 0.4) is 0 Å². The van der Waals surface area contributed by atoms with Crippen LogP contribution in [0.4, 0.5) is 16.2 Å². The van der Waals surface area contributed by atoms with Crippen LogP contribution in [-0.2, 0) is 26.3 Å². The second kappa shape index (κ2) is 9.58. The highest BCUT2D eigenvalue weighted by Gasteiger charge is 2.40. The molecule has 0 aliphatic carbocycles. The largest absolute Gasteiger partial charge is 0.507 e. The Morgan fingerprint density at radius 2 is 1.53 bits per heavy atom. The van der Waals surface area contributed by atoms with Gasteiger partial charge < -0.3 is 10.0 Å². The van der Waals surface area contributed by atoms with E-state index in [2.05, 4.69) is 0 Å². The van der Waals surface area contributed by atoms with Crippen LogP contribution in [0.1, 0.15) is 58.2 Å². The SMILES string of the molecule is CN1C(=O)N(c2ccc(N(C)C3=CC=CS3=N)cc2)C(=O)C1=Cc1cc(C(C)(C)C)c(O)c(C(C)(C)C)c1. The number of allylic oxidation sites excluding steroid dienone is 2. The second-order valence-corrected chi connectivity index (χ2v) is 13.1. The van der Waals surface area contributed by atoms with Crippen molar-refractivity contribution in [3.63, 3.8) is 0 Å². The van der Waals surface area contributed by atoms with Gasteiger partial charge in [0.2, 0.25) is 0 Å². The van der Waals surface area contributed by atoms with E-state index in [0.29, 0.717) is 5.69 Å². The molecule has 0 bridgehead atoms. The summed E-state index contributed by atoms with van der Waals surface area (Å²) in [5.41, 5.74) is 3.31. The molecular formula is C30H36N4O3S. The fourth-order valence-corrected chi connectivity index (χ4v) is 5.58. The van der Waals surface area contributed by atoms with Crippen LogP contribution >= 0.6 is 0 Å². The van der Waals surface area contributed by atoms with Crippen LogP contribution < -0.4 is 9.80 Å². The summed E-state index contributed by atoms with van der Waals surface area (Å²) in [4.78, 5) is 31.2. The molecule has 1 atom stereocenters. The van der Waals surface area contributed by atoms with Gasteiger partial charge in [-0.1, -0.05) is 47.6 Å². The molecule has 2 aliphatic rings. The normalized spacial score (nSPS) is 19.1. The fraction of sp³-hybridized carbons (Fsp3) is 0.333. The van der Waals surface area contributed by atoms with Gasteiger partial charge in [0, 0.05) is 30.9 Å². The van der Waals surface area contributed by atoms with E-state index in [0.717, 1.165) is 27.4 Å². The molecule has 7 nitrogen and oxygen atoms in total. The van der Waals surface area contributed by atoms with Crippen LogP contribution in [0.15, 0.2) is 64.7 Å². The predicted molar refractivity (Wildman–Crippen MR) is 156 cm³/mol. The van der Waals surface area contributed by atoms with Crippen LogP contribution in [0.25, 0.3) is 6.08 Å². The number of anilines is 2. The van der Waals surface area contributed by atoms with E-state index in [4.69, 9.17) is 4.78 Å². The van der Waals surface area contributed by atoms with Gasteiger partial charge in [-0.15, -0.1) is 0 Å². The molecule has 4 rings (SSSR count). The lowest BCUT2D eigenvalue weighted by atomic mass is 9.78. The summed E-state index contributed by atoms with van der Waals surface area (Å²) in [6, 6.07) is 10.5. The van der Waals surface area contributed by atoms with E-state index in [-0.39, 0.29) is 22.3 Å². The first-order valence-corrected chi connectivity index (χ1v) is 13.8. The number of aromatic hydroxyl groups is 1. The van der Waals surface area contributed by atoms with Crippen molar-refractivity contribution >= 4 is 40.1 Å². The van der Waals surface area contributed by atoms with Crippen LogP contribution in [0.2, 0.25) is 0 Å². The van der Waals surface area contributed by atoms with Crippen molar-refractivity contribution in [2.45, 2.75) is 52.4 Å². The molecule has 2 N–H and O–H groups in total. The maximum absolute atomic E-state index is 13.5. The minimum Gasteiger partial charge on any atom is -0.507 e. The number of nitrogens with zero attached hydrogens (tertiary/aromatic N) is 3. The molecule has 8 heteroatoms. The minimum absolute atomic E-state index is 0.266. The number of nitrogens with one attached hydrogen (secondary N) is 1. The molecule has 0 saturated carbocycles.